The Morgan fingerprint density at radius 1 is 1.46 bits per heavy atom. The SMILES string of the molecule is NC(=O)[C@H]1CN(c2ccc(N3C=C/C(=N\O)CC3)c(F)c2)C(=O)O1. The Morgan fingerprint density at radius 3 is 2.79 bits per heavy atom. The number of nitrogens with zero attached hydrogens (tertiary/aromatic N) is 3. The molecule has 0 spiro atoms. The lowest BCUT2D eigenvalue weighted by Gasteiger charge is -2.25. The Balaban J connectivity index is 1.81. The summed E-state index contributed by atoms with van der Waals surface area (Å²) in [5.74, 6) is -1.28. The molecule has 0 bridgehead atoms. The average molecular weight is 334 g/mol. The average Bonchev–Trinajstić information content (AvgIpc) is 2.97. The molecule has 8 nitrogen and oxygen atoms in total. The van der Waals surface area contributed by atoms with E-state index >= 15 is 0 Å². The van der Waals surface area contributed by atoms with Gasteiger partial charge in [-0.15, -0.1) is 0 Å². The number of hydrogen-bond acceptors (Lipinski definition) is 6. The predicted molar refractivity (Wildman–Crippen MR) is 83.5 cm³/mol. The van der Waals surface area contributed by atoms with Gasteiger partial charge in [0.2, 0.25) is 0 Å². The van der Waals surface area contributed by atoms with Crippen molar-refractivity contribution in [3.8, 4) is 0 Å². The Hall–Kier alpha value is -3.10. The first kappa shape index (κ1) is 15.8. The number of primary amides is 1. The first-order valence-corrected chi connectivity index (χ1v) is 7.22. The summed E-state index contributed by atoms with van der Waals surface area (Å²) >= 11 is 0. The van der Waals surface area contributed by atoms with Crippen molar-refractivity contribution in [3.63, 3.8) is 0 Å². The lowest BCUT2D eigenvalue weighted by Crippen LogP contribution is -2.32. The number of anilines is 2. The van der Waals surface area contributed by atoms with Crippen molar-refractivity contribution in [2.24, 2.45) is 10.9 Å². The lowest BCUT2D eigenvalue weighted by atomic mass is 10.1. The first-order chi connectivity index (χ1) is 11.5. The van der Waals surface area contributed by atoms with E-state index in [4.69, 9.17) is 15.7 Å². The van der Waals surface area contributed by atoms with E-state index in [-0.39, 0.29) is 12.2 Å². The highest BCUT2D eigenvalue weighted by molar-refractivity contribution is 5.97. The highest BCUT2D eigenvalue weighted by Gasteiger charge is 2.36. The van der Waals surface area contributed by atoms with Crippen LogP contribution in [-0.2, 0) is 9.53 Å². The molecule has 3 N–H and O–H groups in total. The monoisotopic (exact) mass is 334 g/mol. The quantitative estimate of drug-likeness (QED) is 0.637. The van der Waals surface area contributed by atoms with E-state index in [0.717, 1.165) is 4.90 Å². The molecular formula is C15H15FN4O4. The Labute approximate surface area is 136 Å². The molecule has 1 fully saturated rings. The Bertz CT molecular complexity index is 749. The highest BCUT2D eigenvalue weighted by Crippen LogP contribution is 2.29. The summed E-state index contributed by atoms with van der Waals surface area (Å²) in [5.41, 5.74) is 6.24. The summed E-state index contributed by atoms with van der Waals surface area (Å²) in [7, 11) is 0. The number of amides is 2. The highest BCUT2D eigenvalue weighted by atomic mass is 19.1. The molecule has 2 aliphatic rings. The number of cyclic esters (lactones) is 1. The first-order valence-electron chi connectivity index (χ1n) is 7.22. The summed E-state index contributed by atoms with van der Waals surface area (Å²) in [6.45, 7) is 0.411. The molecule has 0 saturated carbocycles. The molecular weight excluding hydrogens is 319 g/mol. The van der Waals surface area contributed by atoms with Gasteiger partial charge in [0.15, 0.2) is 6.10 Å². The van der Waals surface area contributed by atoms with Gasteiger partial charge in [-0.1, -0.05) is 5.16 Å². The van der Waals surface area contributed by atoms with E-state index in [0.29, 0.717) is 24.4 Å². The zero-order valence-corrected chi connectivity index (χ0v) is 12.6. The molecule has 1 atom stereocenters. The fraction of sp³-hybridized carbons (Fsp3) is 0.267. The number of carbonyl (C=O) groups excluding carboxylic acids is 2. The predicted octanol–water partition coefficient (Wildman–Crippen LogP) is 1.19. The van der Waals surface area contributed by atoms with Crippen molar-refractivity contribution in [2.45, 2.75) is 12.5 Å². The second-order valence-electron chi connectivity index (χ2n) is 5.37. The summed E-state index contributed by atoms with van der Waals surface area (Å²) < 4.78 is 19.3. The molecule has 0 aliphatic carbocycles. The van der Waals surface area contributed by atoms with Gasteiger partial charge in [-0.25, -0.2) is 9.18 Å². The smallest absolute Gasteiger partial charge is 0.415 e. The van der Waals surface area contributed by atoms with Crippen molar-refractivity contribution >= 4 is 29.1 Å². The molecule has 0 unspecified atom stereocenters. The van der Waals surface area contributed by atoms with Crippen LogP contribution in [0.15, 0.2) is 35.6 Å². The normalized spacial score (nSPS) is 22.1. The van der Waals surface area contributed by atoms with Gasteiger partial charge in [0.25, 0.3) is 5.91 Å². The maximum absolute atomic E-state index is 14.4. The van der Waals surface area contributed by atoms with Gasteiger partial charge in [-0.05, 0) is 24.3 Å². The third kappa shape index (κ3) is 2.87. The van der Waals surface area contributed by atoms with Gasteiger partial charge in [0.1, 0.15) is 5.82 Å². The maximum atomic E-state index is 14.4. The second-order valence-corrected chi connectivity index (χ2v) is 5.37. The number of halogens is 1. The van der Waals surface area contributed by atoms with Crippen LogP contribution in [0.2, 0.25) is 0 Å². The van der Waals surface area contributed by atoms with E-state index < -0.39 is 23.9 Å². The number of benzene rings is 1. The summed E-state index contributed by atoms with van der Waals surface area (Å²) in [6.07, 6.45) is 1.90. The zero-order valence-electron chi connectivity index (χ0n) is 12.6. The molecule has 2 aliphatic heterocycles. The number of rotatable bonds is 3. The van der Waals surface area contributed by atoms with Crippen LogP contribution in [-0.4, -0.2) is 42.1 Å². The summed E-state index contributed by atoms with van der Waals surface area (Å²) in [4.78, 5) is 25.7. The molecule has 1 aromatic rings. The minimum atomic E-state index is -1.04. The zero-order chi connectivity index (χ0) is 17.3. The second kappa shape index (κ2) is 6.19. The van der Waals surface area contributed by atoms with Crippen LogP contribution in [0.3, 0.4) is 0 Å². The van der Waals surface area contributed by atoms with Gasteiger partial charge in [-0.3, -0.25) is 9.69 Å². The molecule has 0 radical (unpaired) electrons. The molecule has 24 heavy (non-hydrogen) atoms. The minimum Gasteiger partial charge on any atom is -0.434 e. The van der Waals surface area contributed by atoms with Crippen molar-refractivity contribution in [1.29, 1.82) is 0 Å². The number of oxime groups is 1. The van der Waals surface area contributed by atoms with Crippen LogP contribution in [0, 0.1) is 5.82 Å². The topological polar surface area (TPSA) is 108 Å². The van der Waals surface area contributed by atoms with Crippen molar-refractivity contribution in [3.05, 3.63) is 36.3 Å². The Kier molecular flexibility index (Phi) is 4.07. The van der Waals surface area contributed by atoms with Crippen LogP contribution in [0.4, 0.5) is 20.6 Å². The molecule has 2 heterocycles. The van der Waals surface area contributed by atoms with Crippen LogP contribution in [0.5, 0.6) is 0 Å². The summed E-state index contributed by atoms with van der Waals surface area (Å²) in [5, 5.41) is 11.8. The molecule has 0 aromatic heterocycles. The van der Waals surface area contributed by atoms with Crippen molar-refractivity contribution in [1.82, 2.24) is 0 Å². The fourth-order valence-corrected chi connectivity index (χ4v) is 2.57. The number of hydrogen-bond donors (Lipinski definition) is 2. The van der Waals surface area contributed by atoms with Gasteiger partial charge in [-0.2, -0.15) is 0 Å². The number of allylic oxidation sites excluding steroid dienone is 1. The van der Waals surface area contributed by atoms with Crippen molar-refractivity contribution in [2.75, 3.05) is 22.9 Å². The molecule has 1 saturated heterocycles. The molecule has 1 aromatic carbocycles. The third-order valence-electron chi connectivity index (χ3n) is 3.87. The van der Waals surface area contributed by atoms with Crippen LogP contribution in [0.25, 0.3) is 0 Å². The Morgan fingerprint density at radius 2 is 2.25 bits per heavy atom. The van der Waals surface area contributed by atoms with Gasteiger partial charge < -0.3 is 20.6 Å². The van der Waals surface area contributed by atoms with Gasteiger partial charge in [0.05, 0.1) is 23.6 Å². The molecule has 2 amide bonds. The number of ether oxygens (including phenoxy) is 1. The maximum Gasteiger partial charge on any atom is 0.415 e. The van der Waals surface area contributed by atoms with E-state index in [9.17, 15) is 14.0 Å². The fourth-order valence-electron chi connectivity index (χ4n) is 2.57. The minimum absolute atomic E-state index is 0.0487. The number of carbonyl (C=O) groups is 2. The van der Waals surface area contributed by atoms with Gasteiger partial charge in [0, 0.05) is 19.2 Å². The molecule has 9 heteroatoms. The van der Waals surface area contributed by atoms with Crippen LogP contribution >= 0.6 is 0 Å². The van der Waals surface area contributed by atoms with E-state index in [2.05, 4.69) is 5.16 Å². The molecule has 126 valence electrons. The van der Waals surface area contributed by atoms with E-state index in [1.807, 2.05) is 0 Å². The van der Waals surface area contributed by atoms with E-state index in [1.54, 1.807) is 23.2 Å². The lowest BCUT2D eigenvalue weighted by molar-refractivity contribution is -0.124. The van der Waals surface area contributed by atoms with Gasteiger partial charge >= 0.3 is 6.09 Å². The summed E-state index contributed by atoms with van der Waals surface area (Å²) in [6, 6.07) is 4.29. The number of nitrogens with two attached hydrogens (primary N) is 1. The van der Waals surface area contributed by atoms with Crippen LogP contribution in [0.1, 0.15) is 6.42 Å². The standard InChI is InChI=1S/C15H15FN4O4/c16-11-7-10(20-8-13(14(17)21)24-15(20)22)1-2-12(11)19-5-3-9(18-23)4-6-19/h1-3,5,7,13,23H,4,6,8H2,(H2,17,21)/b18-9+/t13-/m1/s1. The van der Waals surface area contributed by atoms with E-state index in [1.165, 1.54) is 12.1 Å². The van der Waals surface area contributed by atoms with Crippen LogP contribution < -0.4 is 15.5 Å². The van der Waals surface area contributed by atoms with Crippen molar-refractivity contribution < 1.29 is 23.9 Å². The largest absolute Gasteiger partial charge is 0.434 e. The third-order valence-corrected chi connectivity index (χ3v) is 3.87. The molecule has 3 rings (SSSR count).